The molecule has 6 nitrogen and oxygen atoms in total. The van der Waals surface area contributed by atoms with Gasteiger partial charge in [-0.1, -0.05) is 0 Å². The molecule has 23 heavy (non-hydrogen) atoms. The number of nitrogens with zero attached hydrogens (tertiary/aromatic N) is 2. The van der Waals surface area contributed by atoms with E-state index in [-0.39, 0.29) is 6.61 Å². The van der Waals surface area contributed by atoms with Gasteiger partial charge in [0.2, 0.25) is 0 Å². The summed E-state index contributed by atoms with van der Waals surface area (Å²) in [6.07, 6.45) is -0.464. The lowest BCUT2D eigenvalue weighted by molar-refractivity contribution is 0.00702. The predicted octanol–water partition coefficient (Wildman–Crippen LogP) is 1.83. The average Bonchev–Trinajstić information content (AvgIpc) is 2.44. The van der Waals surface area contributed by atoms with E-state index in [4.69, 9.17) is 10.5 Å². The molecular weight excluding hydrogens is 301 g/mol. The zero-order valence-corrected chi connectivity index (χ0v) is 13.8. The molecule has 1 aromatic rings. The minimum Gasteiger partial charge on any atom is -0.444 e. The van der Waals surface area contributed by atoms with Crippen LogP contribution in [0.2, 0.25) is 0 Å². The highest BCUT2D eigenvalue weighted by Gasteiger charge is 2.33. The highest BCUT2D eigenvalue weighted by atomic mass is 19.1. The summed E-state index contributed by atoms with van der Waals surface area (Å²) >= 11 is 0. The van der Waals surface area contributed by atoms with Crippen molar-refractivity contribution >= 4 is 17.5 Å². The van der Waals surface area contributed by atoms with Crippen LogP contribution in [0.4, 0.5) is 20.6 Å². The third kappa shape index (κ3) is 4.25. The van der Waals surface area contributed by atoms with Gasteiger partial charge in [0, 0.05) is 25.3 Å². The zero-order chi connectivity index (χ0) is 17.2. The summed E-state index contributed by atoms with van der Waals surface area (Å²) in [6.45, 7) is 6.29. The first-order valence-electron chi connectivity index (χ1n) is 7.61. The van der Waals surface area contributed by atoms with Gasteiger partial charge >= 0.3 is 6.09 Å². The Hall–Kier alpha value is -2.02. The summed E-state index contributed by atoms with van der Waals surface area (Å²) < 4.78 is 19.4. The van der Waals surface area contributed by atoms with Gasteiger partial charge in [-0.3, -0.25) is 4.90 Å². The molecule has 1 saturated heterocycles. The lowest BCUT2D eigenvalue weighted by Crippen LogP contribution is -2.57. The van der Waals surface area contributed by atoms with Crippen molar-refractivity contribution in [1.29, 1.82) is 0 Å². The van der Waals surface area contributed by atoms with Crippen LogP contribution >= 0.6 is 0 Å². The van der Waals surface area contributed by atoms with Gasteiger partial charge in [0.15, 0.2) is 0 Å². The van der Waals surface area contributed by atoms with Crippen molar-refractivity contribution in [2.24, 2.45) is 0 Å². The number of rotatable bonds is 2. The molecule has 0 spiro atoms. The maximum Gasteiger partial charge on any atom is 0.410 e. The van der Waals surface area contributed by atoms with Crippen molar-refractivity contribution < 1.29 is 19.0 Å². The van der Waals surface area contributed by atoms with Gasteiger partial charge in [-0.05, 0) is 39.0 Å². The summed E-state index contributed by atoms with van der Waals surface area (Å²) in [5.41, 5.74) is 5.74. The van der Waals surface area contributed by atoms with Crippen molar-refractivity contribution in [1.82, 2.24) is 4.90 Å². The Balaban J connectivity index is 2.11. The van der Waals surface area contributed by atoms with E-state index in [1.165, 1.54) is 11.0 Å². The number of piperazine rings is 1. The van der Waals surface area contributed by atoms with E-state index in [9.17, 15) is 14.3 Å². The molecular formula is C16H24FN3O3. The first-order valence-corrected chi connectivity index (χ1v) is 7.61. The number of halogens is 1. The van der Waals surface area contributed by atoms with Crippen LogP contribution in [0.5, 0.6) is 0 Å². The van der Waals surface area contributed by atoms with E-state index < -0.39 is 23.6 Å². The Morgan fingerprint density at radius 2 is 2.13 bits per heavy atom. The molecule has 2 rings (SSSR count). The van der Waals surface area contributed by atoms with E-state index in [0.29, 0.717) is 31.0 Å². The van der Waals surface area contributed by atoms with Gasteiger partial charge in [0.25, 0.3) is 0 Å². The normalized spacial score (nSPS) is 18.9. The average molecular weight is 325 g/mol. The molecule has 1 heterocycles. The van der Waals surface area contributed by atoms with Crippen LogP contribution in [-0.4, -0.2) is 54.0 Å². The number of aliphatic hydroxyl groups is 1. The lowest BCUT2D eigenvalue weighted by atomic mass is 10.1. The number of hydrogen-bond donors (Lipinski definition) is 2. The third-order valence-electron chi connectivity index (χ3n) is 3.63. The first-order chi connectivity index (χ1) is 10.7. The highest BCUT2D eigenvalue weighted by Crippen LogP contribution is 2.25. The minimum atomic E-state index is -0.600. The van der Waals surface area contributed by atoms with Crippen molar-refractivity contribution in [3.8, 4) is 0 Å². The molecule has 0 aliphatic carbocycles. The fourth-order valence-corrected chi connectivity index (χ4v) is 2.57. The maximum absolute atomic E-state index is 14.1. The van der Waals surface area contributed by atoms with Crippen LogP contribution in [0.15, 0.2) is 18.2 Å². The molecule has 1 aromatic carbocycles. The number of aliphatic hydroxyl groups excluding tert-OH is 1. The van der Waals surface area contributed by atoms with Crippen molar-refractivity contribution in [2.75, 3.05) is 36.9 Å². The minimum absolute atomic E-state index is 0.216. The van der Waals surface area contributed by atoms with Gasteiger partial charge in [-0.15, -0.1) is 0 Å². The molecule has 1 atom stereocenters. The smallest absolute Gasteiger partial charge is 0.410 e. The second-order valence-electron chi connectivity index (χ2n) is 6.67. The van der Waals surface area contributed by atoms with Crippen molar-refractivity contribution in [3.05, 3.63) is 24.0 Å². The number of carbonyl (C=O) groups is 1. The summed E-state index contributed by atoms with van der Waals surface area (Å²) in [4.78, 5) is 15.5. The van der Waals surface area contributed by atoms with Crippen LogP contribution < -0.4 is 10.6 Å². The van der Waals surface area contributed by atoms with E-state index in [1.54, 1.807) is 37.8 Å². The molecule has 7 heteroatoms. The zero-order valence-electron chi connectivity index (χ0n) is 13.8. The lowest BCUT2D eigenvalue weighted by Gasteiger charge is -2.42. The second-order valence-corrected chi connectivity index (χ2v) is 6.67. The number of anilines is 2. The Labute approximate surface area is 135 Å². The number of carbonyl (C=O) groups excluding carboxylic acids is 1. The third-order valence-corrected chi connectivity index (χ3v) is 3.63. The molecule has 0 radical (unpaired) electrons. The number of nitrogens with two attached hydrogens (primary N) is 1. The fourth-order valence-electron chi connectivity index (χ4n) is 2.57. The van der Waals surface area contributed by atoms with Gasteiger partial charge in [-0.25, -0.2) is 9.18 Å². The van der Waals surface area contributed by atoms with E-state index >= 15 is 0 Å². The summed E-state index contributed by atoms with van der Waals surface area (Å²) in [6, 6.07) is 4.06. The summed E-state index contributed by atoms with van der Waals surface area (Å²) in [7, 11) is 0. The molecule has 1 unspecified atom stereocenters. The second kappa shape index (κ2) is 6.62. The topological polar surface area (TPSA) is 79.0 Å². The number of nitrogen functional groups attached to an aromatic ring is 1. The SMILES string of the molecule is CC(C)(C)OC(=O)N1CCN(c2ccc(N)cc2F)CC1CO. The molecule has 3 N–H and O–H groups in total. The quantitative estimate of drug-likeness (QED) is 0.811. The molecule has 0 saturated carbocycles. The van der Waals surface area contributed by atoms with Crippen LogP contribution in [-0.2, 0) is 4.74 Å². The van der Waals surface area contributed by atoms with Gasteiger partial charge in [-0.2, -0.15) is 0 Å². The maximum atomic E-state index is 14.1. The number of hydrogen-bond acceptors (Lipinski definition) is 5. The molecule has 1 fully saturated rings. The molecule has 1 amide bonds. The van der Waals surface area contributed by atoms with Crippen LogP contribution in [0, 0.1) is 5.82 Å². The standard InChI is InChI=1S/C16H24FN3O3/c1-16(2,3)23-15(22)20-7-6-19(9-12(20)10-21)14-5-4-11(18)8-13(14)17/h4-5,8,12,21H,6-7,9-10,18H2,1-3H3. The Morgan fingerprint density at radius 1 is 1.43 bits per heavy atom. The van der Waals surface area contributed by atoms with Crippen LogP contribution in [0.25, 0.3) is 0 Å². The monoisotopic (exact) mass is 325 g/mol. The molecule has 0 bridgehead atoms. The first kappa shape index (κ1) is 17.3. The number of ether oxygens (including phenoxy) is 1. The number of amides is 1. The van der Waals surface area contributed by atoms with E-state index in [2.05, 4.69) is 0 Å². The summed E-state index contributed by atoms with van der Waals surface area (Å²) in [5.74, 6) is -0.410. The van der Waals surface area contributed by atoms with Gasteiger partial charge in [0.1, 0.15) is 11.4 Å². The van der Waals surface area contributed by atoms with Gasteiger partial charge in [0.05, 0.1) is 18.3 Å². The van der Waals surface area contributed by atoms with Crippen LogP contribution in [0.3, 0.4) is 0 Å². The van der Waals surface area contributed by atoms with Crippen LogP contribution in [0.1, 0.15) is 20.8 Å². The fraction of sp³-hybridized carbons (Fsp3) is 0.562. The van der Waals surface area contributed by atoms with Crippen molar-refractivity contribution in [2.45, 2.75) is 32.4 Å². The number of benzene rings is 1. The summed E-state index contributed by atoms with van der Waals surface area (Å²) in [5, 5.41) is 9.60. The largest absolute Gasteiger partial charge is 0.444 e. The van der Waals surface area contributed by atoms with Gasteiger partial charge < -0.3 is 20.5 Å². The van der Waals surface area contributed by atoms with E-state index in [0.717, 1.165) is 0 Å². The molecule has 1 aliphatic heterocycles. The predicted molar refractivity (Wildman–Crippen MR) is 86.8 cm³/mol. The van der Waals surface area contributed by atoms with Crippen molar-refractivity contribution in [3.63, 3.8) is 0 Å². The molecule has 1 aliphatic rings. The molecule has 0 aromatic heterocycles. The Morgan fingerprint density at radius 3 is 2.70 bits per heavy atom. The Kier molecular flexibility index (Phi) is 4.99. The van der Waals surface area contributed by atoms with E-state index in [1.807, 2.05) is 0 Å². The Bertz CT molecular complexity index is 574. The molecule has 128 valence electrons. The highest BCUT2D eigenvalue weighted by molar-refractivity contribution is 5.69.